The van der Waals surface area contributed by atoms with Crippen molar-refractivity contribution in [1.29, 1.82) is 0 Å². The Morgan fingerprint density at radius 2 is 1.67 bits per heavy atom. The fourth-order valence-corrected chi connectivity index (χ4v) is 7.36. The van der Waals surface area contributed by atoms with Crippen LogP contribution < -0.4 is 20.1 Å². The third-order valence-corrected chi connectivity index (χ3v) is 10.3. The minimum absolute atomic E-state index is 0.00974. The third-order valence-electron chi connectivity index (χ3n) is 8.43. The molecule has 1 saturated heterocycles. The lowest BCUT2D eigenvalue weighted by molar-refractivity contribution is -0.142. The van der Waals surface area contributed by atoms with Crippen LogP contribution in [0.1, 0.15) is 29.5 Å². The molecule has 0 radical (unpaired) electrons. The first-order valence-corrected chi connectivity index (χ1v) is 16.5. The SMILES string of the molecule is COc1ccc(S(=O)(=O)N2CCCC(C(=O)NC(Cc3ccc(NC(=O)N4CCc5ccccc5C4)cc3)C(=O)O)C2)cc1OC. The van der Waals surface area contributed by atoms with Gasteiger partial charge in [0.15, 0.2) is 11.5 Å². The van der Waals surface area contributed by atoms with Gasteiger partial charge in [-0.15, -0.1) is 0 Å². The van der Waals surface area contributed by atoms with Crippen molar-refractivity contribution in [1.82, 2.24) is 14.5 Å². The standard InChI is InChI=1S/C33H38N4O8S/c1-44-29-14-13-27(19-30(29)45-2)46(42,43)37-16-5-8-25(21-37)31(38)35-28(32(39)40)18-22-9-11-26(12-10-22)34-33(41)36-17-15-23-6-3-4-7-24(23)20-36/h3-4,6-7,9-14,19,25,28H,5,8,15-18,20-21H2,1-2H3,(H,34,41)(H,35,38)(H,39,40). The number of fused-ring (bicyclic) bond motifs is 1. The van der Waals surface area contributed by atoms with Gasteiger partial charge in [0.25, 0.3) is 0 Å². The van der Waals surface area contributed by atoms with Crippen molar-refractivity contribution in [2.24, 2.45) is 5.92 Å². The molecule has 0 bridgehead atoms. The molecule has 3 amide bonds. The van der Waals surface area contributed by atoms with E-state index >= 15 is 0 Å². The molecule has 3 aromatic rings. The van der Waals surface area contributed by atoms with E-state index in [1.54, 1.807) is 29.2 Å². The monoisotopic (exact) mass is 650 g/mol. The van der Waals surface area contributed by atoms with Crippen molar-refractivity contribution in [2.75, 3.05) is 39.2 Å². The molecule has 0 aliphatic carbocycles. The fourth-order valence-electron chi connectivity index (χ4n) is 5.82. The van der Waals surface area contributed by atoms with E-state index < -0.39 is 33.9 Å². The van der Waals surface area contributed by atoms with Crippen LogP contribution in [0.2, 0.25) is 0 Å². The van der Waals surface area contributed by atoms with Gasteiger partial charge in [-0.1, -0.05) is 36.4 Å². The minimum atomic E-state index is -3.94. The number of amides is 3. The second-order valence-electron chi connectivity index (χ2n) is 11.4. The fraction of sp³-hybridized carbons (Fsp3) is 0.364. The molecular weight excluding hydrogens is 612 g/mol. The summed E-state index contributed by atoms with van der Waals surface area (Å²) >= 11 is 0. The predicted molar refractivity (Wildman–Crippen MR) is 170 cm³/mol. The molecule has 0 aromatic heterocycles. The molecule has 2 heterocycles. The number of hydrogen-bond acceptors (Lipinski definition) is 7. The van der Waals surface area contributed by atoms with Crippen LogP contribution in [0, 0.1) is 5.92 Å². The molecule has 2 aliphatic rings. The largest absolute Gasteiger partial charge is 0.493 e. The van der Waals surface area contributed by atoms with Crippen molar-refractivity contribution >= 4 is 33.6 Å². The summed E-state index contributed by atoms with van der Waals surface area (Å²) < 4.78 is 38.5. The van der Waals surface area contributed by atoms with Crippen LogP contribution in [0.5, 0.6) is 11.5 Å². The number of piperidine rings is 1. The number of rotatable bonds is 10. The lowest BCUT2D eigenvalue weighted by Gasteiger charge is -2.32. The van der Waals surface area contributed by atoms with E-state index in [4.69, 9.17) is 9.47 Å². The van der Waals surface area contributed by atoms with E-state index in [2.05, 4.69) is 16.7 Å². The molecule has 1 fully saturated rings. The van der Waals surface area contributed by atoms with Gasteiger partial charge in [0.05, 0.1) is 25.0 Å². The Bertz CT molecular complexity index is 1700. The number of benzene rings is 3. The van der Waals surface area contributed by atoms with E-state index in [0.717, 1.165) is 12.0 Å². The Morgan fingerprint density at radius 1 is 0.957 bits per heavy atom. The van der Waals surface area contributed by atoms with Gasteiger partial charge in [-0.2, -0.15) is 4.31 Å². The van der Waals surface area contributed by atoms with Gasteiger partial charge in [0, 0.05) is 44.4 Å². The Hall–Kier alpha value is -4.62. The summed E-state index contributed by atoms with van der Waals surface area (Å²) in [6, 6.07) is 17.7. The smallest absolute Gasteiger partial charge is 0.326 e. The van der Waals surface area contributed by atoms with Crippen LogP contribution in [-0.2, 0) is 39.0 Å². The zero-order chi connectivity index (χ0) is 32.8. The summed E-state index contributed by atoms with van der Waals surface area (Å²) in [6.45, 7) is 1.30. The Morgan fingerprint density at radius 3 is 2.37 bits per heavy atom. The maximum Gasteiger partial charge on any atom is 0.326 e. The van der Waals surface area contributed by atoms with Gasteiger partial charge < -0.3 is 30.1 Å². The number of sulfonamides is 1. The zero-order valence-corrected chi connectivity index (χ0v) is 26.6. The number of carboxylic acid groups (broad SMARTS) is 1. The van der Waals surface area contributed by atoms with Crippen molar-refractivity contribution in [3.63, 3.8) is 0 Å². The van der Waals surface area contributed by atoms with Gasteiger partial charge in [-0.05, 0) is 60.2 Å². The predicted octanol–water partition coefficient (Wildman–Crippen LogP) is 3.51. The molecule has 244 valence electrons. The highest BCUT2D eigenvalue weighted by Gasteiger charge is 2.35. The Balaban J connectivity index is 1.17. The maximum absolute atomic E-state index is 13.4. The first-order chi connectivity index (χ1) is 22.1. The molecule has 2 aliphatic heterocycles. The van der Waals surface area contributed by atoms with Gasteiger partial charge in [0.1, 0.15) is 6.04 Å². The Labute approximate surface area is 268 Å². The van der Waals surface area contributed by atoms with Crippen LogP contribution in [0.4, 0.5) is 10.5 Å². The number of nitrogens with zero attached hydrogens (tertiary/aromatic N) is 2. The number of carbonyl (C=O) groups excluding carboxylic acids is 2. The molecule has 3 aromatic carbocycles. The first-order valence-electron chi connectivity index (χ1n) is 15.1. The van der Waals surface area contributed by atoms with Crippen LogP contribution >= 0.6 is 0 Å². The molecule has 2 unspecified atom stereocenters. The molecule has 0 saturated carbocycles. The summed E-state index contributed by atoms with van der Waals surface area (Å²) in [5, 5.41) is 15.4. The number of ether oxygens (including phenoxy) is 2. The van der Waals surface area contributed by atoms with Crippen LogP contribution in [0.25, 0.3) is 0 Å². The van der Waals surface area contributed by atoms with Gasteiger partial charge in [-0.25, -0.2) is 18.0 Å². The van der Waals surface area contributed by atoms with Gasteiger partial charge >= 0.3 is 12.0 Å². The Kier molecular flexibility index (Phi) is 10.1. The van der Waals surface area contributed by atoms with E-state index in [9.17, 15) is 27.9 Å². The highest BCUT2D eigenvalue weighted by atomic mass is 32.2. The van der Waals surface area contributed by atoms with E-state index in [1.807, 2.05) is 18.2 Å². The quantitative estimate of drug-likeness (QED) is 0.301. The summed E-state index contributed by atoms with van der Waals surface area (Å²) in [5.41, 5.74) is 3.60. The van der Waals surface area contributed by atoms with E-state index in [1.165, 1.54) is 42.3 Å². The second kappa shape index (κ2) is 14.2. The normalized spacial score (nSPS) is 17.3. The average molecular weight is 651 g/mol. The maximum atomic E-state index is 13.4. The molecule has 3 N–H and O–H groups in total. The first kappa shape index (κ1) is 32.8. The summed E-state index contributed by atoms with van der Waals surface area (Å²) in [6.07, 6.45) is 1.67. The van der Waals surface area contributed by atoms with E-state index in [0.29, 0.717) is 42.9 Å². The van der Waals surface area contributed by atoms with Crippen LogP contribution in [0.15, 0.2) is 71.6 Å². The molecule has 0 spiro atoms. The number of hydrogen-bond donors (Lipinski definition) is 3. The number of carboxylic acids is 1. The lowest BCUT2D eigenvalue weighted by atomic mass is 9.97. The number of nitrogens with one attached hydrogen (secondary N) is 2. The lowest BCUT2D eigenvalue weighted by Crippen LogP contribution is -2.50. The van der Waals surface area contributed by atoms with Crippen molar-refractivity contribution in [3.05, 3.63) is 83.4 Å². The molecule has 13 heteroatoms. The zero-order valence-electron chi connectivity index (χ0n) is 25.8. The van der Waals surface area contributed by atoms with Gasteiger partial charge in [0.2, 0.25) is 15.9 Å². The molecule has 2 atom stereocenters. The molecule has 5 rings (SSSR count). The highest BCUT2D eigenvalue weighted by Crippen LogP contribution is 2.32. The number of urea groups is 1. The summed E-state index contributed by atoms with van der Waals surface area (Å²) in [4.78, 5) is 39.9. The average Bonchev–Trinajstić information content (AvgIpc) is 3.08. The molecule has 46 heavy (non-hydrogen) atoms. The molecular formula is C33H38N4O8S. The number of carbonyl (C=O) groups is 3. The molecule has 12 nitrogen and oxygen atoms in total. The van der Waals surface area contributed by atoms with Crippen molar-refractivity contribution < 1.29 is 37.4 Å². The van der Waals surface area contributed by atoms with Crippen molar-refractivity contribution in [3.8, 4) is 11.5 Å². The van der Waals surface area contributed by atoms with Crippen molar-refractivity contribution in [2.45, 2.75) is 43.2 Å². The van der Waals surface area contributed by atoms with E-state index in [-0.39, 0.29) is 36.2 Å². The number of aliphatic carboxylic acids is 1. The summed E-state index contributed by atoms with van der Waals surface area (Å²) in [5.74, 6) is -1.79. The number of methoxy groups -OCH3 is 2. The van der Waals surface area contributed by atoms with Gasteiger partial charge in [-0.3, -0.25) is 4.79 Å². The van der Waals surface area contributed by atoms with Crippen LogP contribution in [-0.4, -0.2) is 80.5 Å². The summed E-state index contributed by atoms with van der Waals surface area (Å²) in [7, 11) is -1.08. The van der Waals surface area contributed by atoms with Crippen LogP contribution in [0.3, 0.4) is 0 Å². The minimum Gasteiger partial charge on any atom is -0.493 e. The second-order valence-corrected chi connectivity index (χ2v) is 13.3. The number of anilines is 1. The third kappa shape index (κ3) is 7.43. The topological polar surface area (TPSA) is 155 Å². The highest BCUT2D eigenvalue weighted by molar-refractivity contribution is 7.89.